The van der Waals surface area contributed by atoms with Crippen LogP contribution in [0.25, 0.3) is 0 Å². The molecule has 0 amide bonds. The number of hydrogen-bond donors (Lipinski definition) is 0. The molecule has 4 nitrogen and oxygen atoms in total. The second-order valence-electron chi connectivity index (χ2n) is 4.79. The van der Waals surface area contributed by atoms with Gasteiger partial charge in [-0.3, -0.25) is 4.52 Å². The molecule has 0 aliphatic carbocycles. The Bertz CT molecular complexity index is 662. The molecule has 0 saturated heterocycles. The molecule has 0 spiro atoms. The summed E-state index contributed by atoms with van der Waals surface area (Å²) in [6.07, 6.45) is 1.07. The van der Waals surface area contributed by atoms with E-state index >= 15 is 0 Å². The van der Waals surface area contributed by atoms with E-state index in [-0.39, 0.29) is 6.61 Å². The molecule has 2 aromatic rings. The molecule has 22 heavy (non-hydrogen) atoms. The van der Waals surface area contributed by atoms with Gasteiger partial charge in [-0.1, -0.05) is 55.1 Å². The van der Waals surface area contributed by atoms with Gasteiger partial charge in [0.05, 0.1) is 12.9 Å². The van der Waals surface area contributed by atoms with E-state index in [0.717, 1.165) is 23.0 Å². The van der Waals surface area contributed by atoms with Crippen molar-refractivity contribution >= 4 is 7.82 Å². The van der Waals surface area contributed by atoms with Gasteiger partial charge in [0.1, 0.15) is 5.75 Å². The molecule has 0 saturated carbocycles. The summed E-state index contributed by atoms with van der Waals surface area (Å²) in [6.45, 7) is 7.30. The van der Waals surface area contributed by atoms with Crippen LogP contribution in [-0.4, -0.2) is 0 Å². The Morgan fingerprint density at radius 3 is 2.27 bits per heavy atom. The maximum absolute atomic E-state index is 12.7. The van der Waals surface area contributed by atoms with Crippen molar-refractivity contribution in [2.75, 3.05) is 0 Å². The van der Waals surface area contributed by atoms with Crippen molar-refractivity contribution < 1.29 is 18.1 Å². The summed E-state index contributed by atoms with van der Waals surface area (Å²) >= 11 is 0. The Hall–Kier alpha value is -2.03. The molecule has 2 rings (SSSR count). The van der Waals surface area contributed by atoms with Gasteiger partial charge in [-0.25, -0.2) is 4.57 Å². The quantitative estimate of drug-likeness (QED) is 0.522. The van der Waals surface area contributed by atoms with E-state index in [1.165, 1.54) is 0 Å². The Morgan fingerprint density at radius 2 is 1.68 bits per heavy atom. The average Bonchev–Trinajstić information content (AvgIpc) is 2.51. The van der Waals surface area contributed by atoms with E-state index < -0.39 is 7.82 Å². The van der Waals surface area contributed by atoms with E-state index in [1.807, 2.05) is 62.4 Å². The van der Waals surface area contributed by atoms with Crippen LogP contribution < -0.4 is 4.52 Å². The molecule has 0 aliphatic rings. The van der Waals surface area contributed by atoms with Crippen LogP contribution in [0.4, 0.5) is 0 Å². The Morgan fingerprint density at radius 1 is 1.05 bits per heavy atom. The fraction of sp³-hybridized carbons (Fsp3) is 0.176. The van der Waals surface area contributed by atoms with Gasteiger partial charge in [0, 0.05) is 0 Å². The molecule has 1 unspecified atom stereocenters. The minimum Gasteiger partial charge on any atom is -0.404 e. The lowest BCUT2D eigenvalue weighted by molar-refractivity contribution is 0.186. The van der Waals surface area contributed by atoms with Gasteiger partial charge in [-0.05, 0) is 30.5 Å². The first kappa shape index (κ1) is 16.3. The zero-order valence-corrected chi connectivity index (χ0v) is 13.6. The summed E-state index contributed by atoms with van der Waals surface area (Å²) in [5.41, 5.74) is 2.59. The third-order valence-electron chi connectivity index (χ3n) is 3.05. The summed E-state index contributed by atoms with van der Waals surface area (Å²) in [4.78, 5) is 0. The predicted molar refractivity (Wildman–Crippen MR) is 86.7 cm³/mol. The molecule has 0 aliphatic heterocycles. The number of para-hydroxylation sites is 1. The summed E-state index contributed by atoms with van der Waals surface area (Å²) < 4.78 is 28.7. The monoisotopic (exact) mass is 318 g/mol. The van der Waals surface area contributed by atoms with Crippen LogP contribution in [-0.2, 0) is 20.2 Å². The first-order valence-electron chi connectivity index (χ1n) is 6.88. The molecule has 0 bridgehead atoms. The average molecular weight is 318 g/mol. The van der Waals surface area contributed by atoms with Crippen molar-refractivity contribution in [2.45, 2.75) is 20.5 Å². The standard InChI is InChI=1S/C17H19O4P/c1-4-19-22(18,20-13-16-11-6-5-7-12-16)21-17-14(2)9-8-10-15(17)3/h4-12H,1,13H2,2-3H3. The largest absolute Gasteiger partial charge is 0.587 e. The Labute approximate surface area is 131 Å². The van der Waals surface area contributed by atoms with Crippen molar-refractivity contribution in [3.8, 4) is 5.75 Å². The number of phosphoric ester groups is 1. The minimum absolute atomic E-state index is 0.122. The molecular formula is C17H19O4P. The number of phosphoric acid groups is 1. The molecule has 0 heterocycles. The van der Waals surface area contributed by atoms with Gasteiger partial charge < -0.3 is 9.05 Å². The fourth-order valence-corrected chi connectivity index (χ4v) is 3.11. The second-order valence-corrected chi connectivity index (χ2v) is 6.34. The lowest BCUT2D eigenvalue weighted by Gasteiger charge is -2.19. The van der Waals surface area contributed by atoms with Gasteiger partial charge >= 0.3 is 7.82 Å². The molecular weight excluding hydrogens is 299 g/mol. The highest BCUT2D eigenvalue weighted by molar-refractivity contribution is 7.49. The van der Waals surface area contributed by atoms with Crippen LogP contribution in [0.15, 0.2) is 61.4 Å². The molecule has 0 radical (unpaired) electrons. The lowest BCUT2D eigenvalue weighted by atomic mass is 10.1. The summed E-state index contributed by atoms with van der Waals surface area (Å²) in [6, 6.07) is 15.1. The van der Waals surface area contributed by atoms with Crippen molar-refractivity contribution in [3.05, 3.63) is 78.1 Å². The third-order valence-corrected chi connectivity index (χ3v) is 4.31. The zero-order chi connectivity index (χ0) is 16.0. The predicted octanol–water partition coefficient (Wildman–Crippen LogP) is 5.17. The van der Waals surface area contributed by atoms with Crippen molar-refractivity contribution in [3.63, 3.8) is 0 Å². The fourth-order valence-electron chi connectivity index (χ4n) is 1.95. The normalized spacial score (nSPS) is 13.2. The van der Waals surface area contributed by atoms with E-state index in [9.17, 15) is 4.57 Å². The first-order valence-corrected chi connectivity index (χ1v) is 8.34. The molecule has 0 aromatic heterocycles. The lowest BCUT2D eigenvalue weighted by Crippen LogP contribution is -2.02. The highest BCUT2D eigenvalue weighted by atomic mass is 31.2. The van der Waals surface area contributed by atoms with Crippen molar-refractivity contribution in [2.24, 2.45) is 0 Å². The molecule has 0 N–H and O–H groups in total. The number of aryl methyl sites for hydroxylation is 2. The topological polar surface area (TPSA) is 44.8 Å². The molecule has 116 valence electrons. The Kier molecular flexibility index (Phi) is 5.42. The van der Waals surface area contributed by atoms with E-state index in [4.69, 9.17) is 13.6 Å². The maximum atomic E-state index is 12.7. The van der Waals surface area contributed by atoms with E-state index in [0.29, 0.717) is 5.75 Å². The zero-order valence-electron chi connectivity index (χ0n) is 12.7. The van der Waals surface area contributed by atoms with Gasteiger partial charge in [-0.15, -0.1) is 0 Å². The van der Waals surface area contributed by atoms with Crippen LogP contribution in [0.2, 0.25) is 0 Å². The van der Waals surface area contributed by atoms with Gasteiger partial charge in [0.2, 0.25) is 0 Å². The molecule has 5 heteroatoms. The number of hydrogen-bond acceptors (Lipinski definition) is 4. The van der Waals surface area contributed by atoms with E-state index in [2.05, 4.69) is 6.58 Å². The number of rotatable bonds is 7. The van der Waals surface area contributed by atoms with Crippen molar-refractivity contribution in [1.29, 1.82) is 0 Å². The highest BCUT2D eigenvalue weighted by Gasteiger charge is 2.30. The van der Waals surface area contributed by atoms with Crippen LogP contribution in [0.3, 0.4) is 0 Å². The summed E-state index contributed by atoms with van der Waals surface area (Å²) in [7, 11) is -3.78. The SMILES string of the molecule is C=COP(=O)(OCc1ccccc1)Oc1c(C)cccc1C. The summed E-state index contributed by atoms with van der Waals surface area (Å²) in [5, 5.41) is 0. The smallest absolute Gasteiger partial charge is 0.404 e. The minimum atomic E-state index is -3.78. The van der Waals surface area contributed by atoms with Crippen LogP contribution in [0.5, 0.6) is 5.75 Å². The van der Waals surface area contributed by atoms with E-state index in [1.54, 1.807) is 0 Å². The molecule has 0 fully saturated rings. The molecule has 2 aromatic carbocycles. The second kappa shape index (κ2) is 7.30. The van der Waals surface area contributed by atoms with Crippen molar-refractivity contribution in [1.82, 2.24) is 0 Å². The highest BCUT2D eigenvalue weighted by Crippen LogP contribution is 2.51. The van der Waals surface area contributed by atoms with Gasteiger partial charge in [-0.2, -0.15) is 0 Å². The van der Waals surface area contributed by atoms with Gasteiger partial charge in [0.25, 0.3) is 0 Å². The number of benzene rings is 2. The van der Waals surface area contributed by atoms with Gasteiger partial charge in [0.15, 0.2) is 0 Å². The van der Waals surface area contributed by atoms with Crippen LogP contribution >= 0.6 is 7.82 Å². The molecule has 1 atom stereocenters. The van der Waals surface area contributed by atoms with Crippen LogP contribution in [0, 0.1) is 13.8 Å². The van der Waals surface area contributed by atoms with Crippen LogP contribution in [0.1, 0.15) is 16.7 Å². The summed E-state index contributed by atoms with van der Waals surface area (Å²) in [5.74, 6) is 0.501. The third kappa shape index (κ3) is 4.23. The first-order chi connectivity index (χ1) is 10.5. The maximum Gasteiger partial charge on any atom is 0.587 e. The Balaban J connectivity index is 2.17.